The Hall–Kier alpha value is -0.280. The molecule has 2 atom stereocenters. The fraction of sp³-hybridized carbons (Fsp3) is 0.933. The van der Waals surface area contributed by atoms with E-state index in [9.17, 15) is 4.79 Å². The maximum atomic E-state index is 12.2. The number of hydrogen-bond donors (Lipinski definition) is 1. The fourth-order valence-electron chi connectivity index (χ4n) is 4.06. The molecule has 0 aromatic rings. The van der Waals surface area contributed by atoms with Gasteiger partial charge in [-0.3, -0.25) is 4.79 Å². The molecule has 3 rings (SSSR count). The van der Waals surface area contributed by atoms with Crippen LogP contribution in [0.5, 0.6) is 0 Å². The highest BCUT2D eigenvalue weighted by molar-refractivity contribution is 5.85. The molecular weight excluding hydrogens is 260 g/mol. The molecule has 1 aliphatic carbocycles. The van der Waals surface area contributed by atoms with Crippen LogP contribution in [0.3, 0.4) is 0 Å². The lowest BCUT2D eigenvalue weighted by Gasteiger charge is -2.35. The van der Waals surface area contributed by atoms with Gasteiger partial charge in [0.05, 0.1) is 0 Å². The van der Waals surface area contributed by atoms with Crippen molar-refractivity contribution in [2.24, 2.45) is 11.8 Å². The van der Waals surface area contributed by atoms with Gasteiger partial charge in [0.2, 0.25) is 5.91 Å². The normalized spacial score (nSPS) is 31.1. The van der Waals surface area contributed by atoms with Crippen molar-refractivity contribution in [2.75, 3.05) is 19.6 Å². The van der Waals surface area contributed by atoms with Crippen LogP contribution in [0, 0.1) is 11.8 Å². The molecule has 0 bridgehead atoms. The van der Waals surface area contributed by atoms with E-state index in [1.165, 1.54) is 38.5 Å². The van der Waals surface area contributed by atoms with Crippen molar-refractivity contribution in [1.29, 1.82) is 0 Å². The van der Waals surface area contributed by atoms with Crippen molar-refractivity contribution in [3.63, 3.8) is 0 Å². The maximum Gasteiger partial charge on any atom is 0.222 e. The highest BCUT2D eigenvalue weighted by Crippen LogP contribution is 2.29. The second kappa shape index (κ2) is 6.94. The lowest BCUT2D eigenvalue weighted by Crippen LogP contribution is -2.46. The third-order valence-electron chi connectivity index (χ3n) is 5.25. The van der Waals surface area contributed by atoms with Gasteiger partial charge in [-0.25, -0.2) is 0 Å². The minimum absolute atomic E-state index is 0. The number of likely N-dealkylation sites (tertiary alicyclic amines) is 1. The standard InChI is InChI=1S/C15H26N2O.ClH/c18-15(6-5-12-3-1-2-4-12)17-10-8-14-13(11-17)7-9-16-14;/h12-14,16H,1-11H2;1H. The summed E-state index contributed by atoms with van der Waals surface area (Å²) >= 11 is 0. The predicted octanol–water partition coefficient (Wildman–Crippen LogP) is 2.59. The van der Waals surface area contributed by atoms with Gasteiger partial charge in [-0.1, -0.05) is 25.7 Å². The quantitative estimate of drug-likeness (QED) is 0.865. The van der Waals surface area contributed by atoms with Crippen LogP contribution in [0.2, 0.25) is 0 Å². The number of hydrogen-bond acceptors (Lipinski definition) is 2. The fourth-order valence-corrected chi connectivity index (χ4v) is 4.06. The Kier molecular flexibility index (Phi) is 5.52. The number of halogens is 1. The number of carbonyl (C=O) groups is 1. The van der Waals surface area contributed by atoms with Crippen molar-refractivity contribution in [2.45, 2.75) is 57.4 Å². The van der Waals surface area contributed by atoms with Crippen molar-refractivity contribution >= 4 is 18.3 Å². The zero-order valence-electron chi connectivity index (χ0n) is 11.8. The van der Waals surface area contributed by atoms with E-state index in [0.29, 0.717) is 11.9 Å². The van der Waals surface area contributed by atoms with Gasteiger partial charge >= 0.3 is 0 Å². The van der Waals surface area contributed by atoms with Gasteiger partial charge in [-0.15, -0.1) is 12.4 Å². The number of carbonyl (C=O) groups excluding carboxylic acids is 1. The lowest BCUT2D eigenvalue weighted by atomic mass is 9.92. The minimum Gasteiger partial charge on any atom is -0.342 e. The number of amides is 1. The van der Waals surface area contributed by atoms with Crippen molar-refractivity contribution in [3.8, 4) is 0 Å². The molecule has 1 N–H and O–H groups in total. The third kappa shape index (κ3) is 3.63. The molecule has 0 radical (unpaired) electrons. The molecule has 2 saturated heterocycles. The van der Waals surface area contributed by atoms with Gasteiger partial charge in [-0.2, -0.15) is 0 Å². The Labute approximate surface area is 122 Å². The number of rotatable bonds is 3. The third-order valence-corrected chi connectivity index (χ3v) is 5.25. The van der Waals surface area contributed by atoms with E-state index in [0.717, 1.165) is 44.3 Å². The summed E-state index contributed by atoms with van der Waals surface area (Å²) in [6, 6.07) is 0.698. The van der Waals surface area contributed by atoms with Gasteiger partial charge < -0.3 is 10.2 Å². The van der Waals surface area contributed by atoms with Gasteiger partial charge in [0.1, 0.15) is 0 Å². The molecule has 1 amide bonds. The minimum atomic E-state index is 0. The first kappa shape index (κ1) is 15.1. The Balaban J connectivity index is 0.00000133. The molecule has 2 heterocycles. The topological polar surface area (TPSA) is 32.3 Å². The van der Waals surface area contributed by atoms with Crippen LogP contribution in [-0.4, -0.2) is 36.5 Å². The van der Waals surface area contributed by atoms with E-state index >= 15 is 0 Å². The van der Waals surface area contributed by atoms with Crippen molar-refractivity contribution in [3.05, 3.63) is 0 Å². The largest absolute Gasteiger partial charge is 0.342 e. The zero-order chi connectivity index (χ0) is 12.4. The van der Waals surface area contributed by atoms with E-state index in [1.807, 2.05) is 0 Å². The number of piperidine rings is 1. The second-order valence-corrected chi connectivity index (χ2v) is 6.43. The first-order valence-corrected chi connectivity index (χ1v) is 7.84. The van der Waals surface area contributed by atoms with Gasteiger partial charge in [0, 0.05) is 25.6 Å². The zero-order valence-corrected chi connectivity index (χ0v) is 12.6. The monoisotopic (exact) mass is 286 g/mol. The molecular formula is C15H27ClN2O. The van der Waals surface area contributed by atoms with Crippen LogP contribution in [-0.2, 0) is 4.79 Å². The van der Waals surface area contributed by atoms with Gasteiger partial charge in [-0.05, 0) is 37.6 Å². The predicted molar refractivity (Wildman–Crippen MR) is 79.5 cm³/mol. The summed E-state index contributed by atoms with van der Waals surface area (Å²) in [6.07, 6.45) is 9.87. The molecule has 0 spiro atoms. The highest BCUT2D eigenvalue weighted by atomic mass is 35.5. The Morgan fingerprint density at radius 3 is 2.74 bits per heavy atom. The van der Waals surface area contributed by atoms with Crippen LogP contribution < -0.4 is 5.32 Å². The van der Waals surface area contributed by atoms with Crippen LogP contribution in [0.4, 0.5) is 0 Å². The number of nitrogens with one attached hydrogen (secondary N) is 1. The van der Waals surface area contributed by atoms with E-state index in [2.05, 4.69) is 10.2 Å². The van der Waals surface area contributed by atoms with Crippen LogP contribution >= 0.6 is 12.4 Å². The Bertz CT molecular complexity index is 305. The van der Waals surface area contributed by atoms with E-state index < -0.39 is 0 Å². The molecule has 4 heteroatoms. The van der Waals surface area contributed by atoms with Crippen LogP contribution in [0.15, 0.2) is 0 Å². The highest BCUT2D eigenvalue weighted by Gasteiger charge is 2.34. The van der Waals surface area contributed by atoms with Crippen molar-refractivity contribution in [1.82, 2.24) is 10.2 Å². The summed E-state index contributed by atoms with van der Waals surface area (Å²) in [5, 5.41) is 3.56. The summed E-state index contributed by atoms with van der Waals surface area (Å²) < 4.78 is 0. The smallest absolute Gasteiger partial charge is 0.222 e. The Morgan fingerprint density at radius 1 is 1.16 bits per heavy atom. The average Bonchev–Trinajstić information content (AvgIpc) is 3.05. The molecule has 3 fully saturated rings. The summed E-state index contributed by atoms with van der Waals surface area (Å²) in [7, 11) is 0. The maximum absolute atomic E-state index is 12.2. The van der Waals surface area contributed by atoms with E-state index in [4.69, 9.17) is 0 Å². The average molecular weight is 287 g/mol. The Morgan fingerprint density at radius 2 is 1.95 bits per heavy atom. The molecule has 2 aliphatic heterocycles. The molecule has 2 unspecified atom stereocenters. The molecule has 0 aromatic heterocycles. The first-order chi connectivity index (χ1) is 8.83. The number of fused-ring (bicyclic) bond motifs is 1. The first-order valence-electron chi connectivity index (χ1n) is 7.84. The molecule has 19 heavy (non-hydrogen) atoms. The van der Waals surface area contributed by atoms with Crippen LogP contribution in [0.1, 0.15) is 51.4 Å². The second-order valence-electron chi connectivity index (χ2n) is 6.43. The van der Waals surface area contributed by atoms with Gasteiger partial charge in [0.25, 0.3) is 0 Å². The van der Waals surface area contributed by atoms with Crippen LogP contribution in [0.25, 0.3) is 0 Å². The number of nitrogens with zero attached hydrogens (tertiary/aromatic N) is 1. The molecule has 1 saturated carbocycles. The molecule has 110 valence electrons. The van der Waals surface area contributed by atoms with E-state index in [-0.39, 0.29) is 12.4 Å². The summed E-state index contributed by atoms with van der Waals surface area (Å²) in [5.74, 6) is 2.00. The summed E-state index contributed by atoms with van der Waals surface area (Å²) in [5.41, 5.74) is 0. The SMILES string of the molecule is Cl.O=C(CCC1CCCC1)N1CCC2NCCC2C1. The van der Waals surface area contributed by atoms with Crippen molar-refractivity contribution < 1.29 is 4.79 Å². The molecule has 3 aliphatic rings. The summed E-state index contributed by atoms with van der Waals surface area (Å²) in [6.45, 7) is 3.15. The molecule has 0 aromatic carbocycles. The lowest BCUT2D eigenvalue weighted by molar-refractivity contribution is -0.133. The van der Waals surface area contributed by atoms with Gasteiger partial charge in [0.15, 0.2) is 0 Å². The molecule has 3 nitrogen and oxygen atoms in total. The summed E-state index contributed by atoms with van der Waals surface area (Å²) in [4.78, 5) is 14.4. The van der Waals surface area contributed by atoms with E-state index in [1.54, 1.807) is 0 Å².